The number of nitrogens with zero attached hydrogens (tertiary/aromatic N) is 3. The number of amides is 1. The van der Waals surface area contributed by atoms with Gasteiger partial charge in [0.15, 0.2) is 0 Å². The Bertz CT molecular complexity index is 668. The van der Waals surface area contributed by atoms with E-state index < -0.39 is 4.92 Å². The zero-order chi connectivity index (χ0) is 14.7. The number of aromatic nitrogens is 2. The molecule has 0 spiro atoms. The molecule has 104 valence electrons. The molecule has 2 aromatic rings. The lowest BCUT2D eigenvalue weighted by atomic mass is 10.2. The van der Waals surface area contributed by atoms with Crippen LogP contribution in [0.5, 0.6) is 0 Å². The molecule has 0 aliphatic rings. The van der Waals surface area contributed by atoms with Crippen molar-refractivity contribution in [2.45, 2.75) is 6.54 Å². The standard InChI is InChI=1S/C12H11ClN4O3/c1-16-9(4-5-15-16)7-14-12(18)8-2-3-11(17(19)20)10(13)6-8/h2-6H,7H2,1H3,(H,14,18). The number of carbonyl (C=O) groups is 1. The van der Waals surface area contributed by atoms with Crippen molar-refractivity contribution >= 4 is 23.2 Å². The minimum Gasteiger partial charge on any atom is -0.346 e. The fraction of sp³-hybridized carbons (Fsp3) is 0.167. The summed E-state index contributed by atoms with van der Waals surface area (Å²) in [7, 11) is 1.77. The van der Waals surface area contributed by atoms with Gasteiger partial charge in [-0.2, -0.15) is 5.10 Å². The van der Waals surface area contributed by atoms with Crippen LogP contribution in [-0.4, -0.2) is 20.6 Å². The highest BCUT2D eigenvalue weighted by atomic mass is 35.5. The number of nitro benzene ring substituents is 1. The van der Waals surface area contributed by atoms with Gasteiger partial charge in [-0.15, -0.1) is 0 Å². The highest BCUT2D eigenvalue weighted by molar-refractivity contribution is 6.33. The van der Waals surface area contributed by atoms with Gasteiger partial charge in [0.1, 0.15) is 5.02 Å². The SMILES string of the molecule is Cn1nccc1CNC(=O)c1ccc([N+](=O)[O-])c(Cl)c1. The van der Waals surface area contributed by atoms with Crippen molar-refractivity contribution < 1.29 is 9.72 Å². The molecule has 1 amide bonds. The lowest BCUT2D eigenvalue weighted by Crippen LogP contribution is -2.24. The molecule has 20 heavy (non-hydrogen) atoms. The molecule has 1 aromatic heterocycles. The van der Waals surface area contributed by atoms with Gasteiger partial charge in [-0.05, 0) is 18.2 Å². The molecule has 0 atom stereocenters. The Morgan fingerprint density at radius 1 is 1.50 bits per heavy atom. The van der Waals surface area contributed by atoms with E-state index in [1.165, 1.54) is 18.2 Å². The molecule has 7 nitrogen and oxygen atoms in total. The van der Waals surface area contributed by atoms with Gasteiger partial charge in [0.2, 0.25) is 0 Å². The van der Waals surface area contributed by atoms with Gasteiger partial charge in [-0.1, -0.05) is 11.6 Å². The molecular weight excluding hydrogens is 284 g/mol. The van der Waals surface area contributed by atoms with E-state index in [1.54, 1.807) is 24.0 Å². The second kappa shape index (κ2) is 5.70. The van der Waals surface area contributed by atoms with Crippen molar-refractivity contribution in [3.8, 4) is 0 Å². The molecule has 0 saturated heterocycles. The predicted octanol–water partition coefficient (Wildman–Crippen LogP) is 1.91. The maximum atomic E-state index is 11.9. The van der Waals surface area contributed by atoms with Gasteiger partial charge in [-0.3, -0.25) is 19.6 Å². The van der Waals surface area contributed by atoms with Gasteiger partial charge >= 0.3 is 0 Å². The summed E-state index contributed by atoms with van der Waals surface area (Å²) in [5.41, 5.74) is 0.879. The number of hydrogen-bond acceptors (Lipinski definition) is 4. The van der Waals surface area contributed by atoms with E-state index in [1.807, 2.05) is 0 Å². The van der Waals surface area contributed by atoms with E-state index in [-0.39, 0.29) is 22.2 Å². The van der Waals surface area contributed by atoms with E-state index in [9.17, 15) is 14.9 Å². The van der Waals surface area contributed by atoms with Crippen molar-refractivity contribution in [2.24, 2.45) is 7.05 Å². The minimum atomic E-state index is -0.598. The molecule has 0 saturated carbocycles. The molecule has 1 N–H and O–H groups in total. The second-order valence-electron chi connectivity index (χ2n) is 4.05. The fourth-order valence-electron chi connectivity index (χ4n) is 1.64. The summed E-state index contributed by atoms with van der Waals surface area (Å²) in [5, 5.41) is 17.2. The average molecular weight is 295 g/mol. The number of nitro groups is 1. The van der Waals surface area contributed by atoms with E-state index in [2.05, 4.69) is 10.4 Å². The third kappa shape index (κ3) is 2.94. The van der Waals surface area contributed by atoms with E-state index in [0.29, 0.717) is 6.54 Å². The summed E-state index contributed by atoms with van der Waals surface area (Å²) >= 11 is 5.76. The van der Waals surface area contributed by atoms with Gasteiger partial charge in [-0.25, -0.2) is 0 Å². The fourth-order valence-corrected chi connectivity index (χ4v) is 1.89. The third-order valence-electron chi connectivity index (χ3n) is 2.76. The Morgan fingerprint density at radius 2 is 2.25 bits per heavy atom. The normalized spacial score (nSPS) is 10.3. The molecule has 0 aliphatic heterocycles. The molecule has 0 radical (unpaired) electrons. The van der Waals surface area contributed by atoms with Crippen LogP contribution in [0.25, 0.3) is 0 Å². The Morgan fingerprint density at radius 3 is 2.80 bits per heavy atom. The van der Waals surface area contributed by atoms with Crippen LogP contribution >= 0.6 is 11.6 Å². The lowest BCUT2D eigenvalue weighted by molar-refractivity contribution is -0.384. The first kappa shape index (κ1) is 14.0. The smallest absolute Gasteiger partial charge is 0.287 e. The Labute approximate surface area is 119 Å². The number of carbonyl (C=O) groups excluding carboxylic acids is 1. The maximum Gasteiger partial charge on any atom is 0.287 e. The van der Waals surface area contributed by atoms with Crippen LogP contribution in [-0.2, 0) is 13.6 Å². The van der Waals surface area contributed by atoms with Crippen molar-refractivity contribution in [1.29, 1.82) is 0 Å². The molecule has 0 bridgehead atoms. The first-order valence-electron chi connectivity index (χ1n) is 5.68. The molecule has 0 fully saturated rings. The molecule has 2 rings (SSSR count). The summed E-state index contributed by atoms with van der Waals surface area (Å²) < 4.78 is 1.64. The maximum absolute atomic E-state index is 11.9. The average Bonchev–Trinajstić information content (AvgIpc) is 2.81. The number of halogens is 1. The Hall–Kier alpha value is -2.41. The van der Waals surface area contributed by atoms with Gasteiger partial charge < -0.3 is 5.32 Å². The minimum absolute atomic E-state index is 0.0665. The molecular formula is C12H11ClN4O3. The number of aryl methyl sites for hydroxylation is 1. The highest BCUT2D eigenvalue weighted by Crippen LogP contribution is 2.24. The van der Waals surface area contributed by atoms with E-state index >= 15 is 0 Å². The van der Waals surface area contributed by atoms with Gasteiger partial charge in [0.05, 0.1) is 17.2 Å². The number of nitrogens with one attached hydrogen (secondary N) is 1. The number of hydrogen-bond donors (Lipinski definition) is 1. The van der Waals surface area contributed by atoms with Crippen LogP contribution in [0.1, 0.15) is 16.1 Å². The molecule has 0 unspecified atom stereocenters. The molecule has 1 heterocycles. The van der Waals surface area contributed by atoms with E-state index in [0.717, 1.165) is 5.69 Å². The van der Waals surface area contributed by atoms with Crippen LogP contribution < -0.4 is 5.32 Å². The van der Waals surface area contributed by atoms with Crippen LogP contribution in [0.3, 0.4) is 0 Å². The van der Waals surface area contributed by atoms with Crippen molar-refractivity contribution in [2.75, 3.05) is 0 Å². The zero-order valence-electron chi connectivity index (χ0n) is 10.5. The summed E-state index contributed by atoms with van der Waals surface area (Å²) in [4.78, 5) is 22.0. The summed E-state index contributed by atoms with van der Waals surface area (Å²) in [6, 6.07) is 5.63. The molecule has 0 aliphatic carbocycles. The first-order chi connectivity index (χ1) is 9.49. The summed E-state index contributed by atoms with van der Waals surface area (Å²) in [5.74, 6) is -0.358. The van der Waals surface area contributed by atoms with Crippen LogP contribution in [0.2, 0.25) is 5.02 Å². The summed E-state index contributed by atoms with van der Waals surface area (Å²) in [6.45, 7) is 0.309. The van der Waals surface area contributed by atoms with Crippen molar-refractivity contribution in [3.05, 3.63) is 56.9 Å². The summed E-state index contributed by atoms with van der Waals surface area (Å²) in [6.07, 6.45) is 1.63. The number of rotatable bonds is 4. The first-order valence-corrected chi connectivity index (χ1v) is 6.06. The van der Waals surface area contributed by atoms with Crippen LogP contribution in [0.15, 0.2) is 30.5 Å². The third-order valence-corrected chi connectivity index (χ3v) is 3.06. The van der Waals surface area contributed by atoms with Gasteiger partial charge in [0, 0.05) is 24.9 Å². The Kier molecular flexibility index (Phi) is 3.99. The molecule has 1 aromatic carbocycles. The van der Waals surface area contributed by atoms with Gasteiger partial charge in [0.25, 0.3) is 11.6 Å². The quantitative estimate of drug-likeness (QED) is 0.689. The second-order valence-corrected chi connectivity index (χ2v) is 4.46. The largest absolute Gasteiger partial charge is 0.346 e. The highest BCUT2D eigenvalue weighted by Gasteiger charge is 2.15. The van der Waals surface area contributed by atoms with E-state index in [4.69, 9.17) is 11.6 Å². The molecule has 8 heteroatoms. The lowest BCUT2D eigenvalue weighted by Gasteiger charge is -2.06. The predicted molar refractivity (Wildman–Crippen MR) is 72.5 cm³/mol. The van der Waals surface area contributed by atoms with Crippen molar-refractivity contribution in [1.82, 2.24) is 15.1 Å². The van der Waals surface area contributed by atoms with Crippen LogP contribution in [0.4, 0.5) is 5.69 Å². The van der Waals surface area contributed by atoms with Crippen molar-refractivity contribution in [3.63, 3.8) is 0 Å². The van der Waals surface area contributed by atoms with Crippen LogP contribution in [0, 0.1) is 10.1 Å². The zero-order valence-corrected chi connectivity index (χ0v) is 11.3. The Balaban J connectivity index is 2.08. The number of benzene rings is 1. The topological polar surface area (TPSA) is 90.1 Å². The monoisotopic (exact) mass is 294 g/mol.